The number of fused-ring (bicyclic) bond motifs is 1. The van der Waals surface area contributed by atoms with E-state index in [1.165, 1.54) is 24.3 Å². The summed E-state index contributed by atoms with van der Waals surface area (Å²) in [4.78, 5) is 11.9. The van der Waals surface area contributed by atoms with Crippen molar-refractivity contribution < 1.29 is 9.18 Å². The number of carbonyl (C=O) groups is 1. The Morgan fingerprint density at radius 1 is 0.952 bits per heavy atom. The Balaban J connectivity index is 1.66. The van der Waals surface area contributed by atoms with E-state index in [1.807, 2.05) is 6.07 Å². The number of amides is 2. The van der Waals surface area contributed by atoms with Gasteiger partial charge in [0.2, 0.25) is 0 Å². The molecule has 0 aromatic heterocycles. The average Bonchev–Trinajstić information content (AvgIpc) is 2.80. The third-order valence-electron chi connectivity index (χ3n) is 2.95. The highest BCUT2D eigenvalue weighted by molar-refractivity contribution is 6.00. The number of hydrogen-bond donors (Lipinski definition) is 4. The molecule has 0 saturated carbocycles. The Morgan fingerprint density at radius 2 is 1.57 bits per heavy atom. The molecule has 2 aromatic carbocycles. The van der Waals surface area contributed by atoms with Crippen LogP contribution in [-0.4, -0.2) is 6.03 Å². The fraction of sp³-hybridized carbons (Fsp3) is 0. The molecule has 3 rings (SSSR count). The summed E-state index contributed by atoms with van der Waals surface area (Å²) in [5.41, 5.74) is 2.91. The third kappa shape index (κ3) is 2.94. The third-order valence-corrected chi connectivity index (χ3v) is 2.95. The summed E-state index contributed by atoms with van der Waals surface area (Å²) < 4.78 is 12.8. The van der Waals surface area contributed by atoms with Crippen molar-refractivity contribution in [1.29, 1.82) is 0 Å². The molecule has 0 bridgehead atoms. The van der Waals surface area contributed by atoms with Gasteiger partial charge >= 0.3 is 6.03 Å². The zero-order valence-corrected chi connectivity index (χ0v) is 11.0. The lowest BCUT2D eigenvalue weighted by atomic mass is 10.2. The molecule has 1 heterocycles. The Kier molecular flexibility index (Phi) is 3.19. The SMILES string of the molecule is C=C1Nc2ccc(NC(=O)Nc3ccc(F)cc3)cc2N1. The Labute approximate surface area is 120 Å². The van der Waals surface area contributed by atoms with Gasteiger partial charge in [-0.2, -0.15) is 0 Å². The van der Waals surface area contributed by atoms with Gasteiger partial charge in [0.15, 0.2) is 0 Å². The second-order valence-electron chi connectivity index (χ2n) is 4.57. The topological polar surface area (TPSA) is 65.2 Å². The summed E-state index contributed by atoms with van der Waals surface area (Å²) >= 11 is 0. The molecule has 0 saturated heterocycles. The van der Waals surface area contributed by atoms with Gasteiger partial charge in [0.25, 0.3) is 0 Å². The predicted molar refractivity (Wildman–Crippen MR) is 81.9 cm³/mol. The molecule has 0 spiro atoms. The molecule has 2 amide bonds. The first-order chi connectivity index (χ1) is 10.1. The quantitative estimate of drug-likeness (QED) is 0.678. The molecule has 5 nitrogen and oxygen atoms in total. The van der Waals surface area contributed by atoms with Crippen LogP contribution in [0.4, 0.5) is 31.9 Å². The van der Waals surface area contributed by atoms with Crippen molar-refractivity contribution in [2.24, 2.45) is 0 Å². The number of carbonyl (C=O) groups excluding carboxylic acids is 1. The lowest BCUT2D eigenvalue weighted by molar-refractivity contribution is 0.262. The van der Waals surface area contributed by atoms with Gasteiger partial charge in [-0.15, -0.1) is 0 Å². The van der Waals surface area contributed by atoms with E-state index in [1.54, 1.807) is 12.1 Å². The minimum absolute atomic E-state index is 0.349. The summed E-state index contributed by atoms with van der Waals surface area (Å²) in [6.45, 7) is 3.77. The van der Waals surface area contributed by atoms with Gasteiger partial charge in [-0.25, -0.2) is 9.18 Å². The highest BCUT2D eigenvalue weighted by atomic mass is 19.1. The van der Waals surface area contributed by atoms with E-state index < -0.39 is 6.03 Å². The number of hydrogen-bond acceptors (Lipinski definition) is 3. The van der Waals surface area contributed by atoms with Crippen molar-refractivity contribution in [3.8, 4) is 0 Å². The Hall–Kier alpha value is -3.02. The fourth-order valence-electron chi connectivity index (χ4n) is 2.02. The first kappa shape index (κ1) is 13.0. The number of benzene rings is 2. The number of anilines is 4. The van der Waals surface area contributed by atoms with Crippen LogP contribution in [0.25, 0.3) is 0 Å². The van der Waals surface area contributed by atoms with Crippen molar-refractivity contribution in [2.45, 2.75) is 0 Å². The number of halogens is 1. The van der Waals surface area contributed by atoms with E-state index in [4.69, 9.17) is 0 Å². The van der Waals surface area contributed by atoms with Crippen molar-refractivity contribution in [2.75, 3.05) is 21.3 Å². The maximum atomic E-state index is 12.8. The highest BCUT2D eigenvalue weighted by Crippen LogP contribution is 2.32. The molecule has 0 fully saturated rings. The predicted octanol–water partition coefficient (Wildman–Crippen LogP) is 3.78. The maximum Gasteiger partial charge on any atom is 0.323 e. The molecule has 0 radical (unpaired) electrons. The van der Waals surface area contributed by atoms with Crippen LogP contribution in [0, 0.1) is 5.82 Å². The molecule has 0 atom stereocenters. The number of urea groups is 1. The second-order valence-corrected chi connectivity index (χ2v) is 4.57. The van der Waals surface area contributed by atoms with E-state index in [9.17, 15) is 9.18 Å². The van der Waals surface area contributed by atoms with Crippen molar-refractivity contribution in [3.63, 3.8) is 0 Å². The van der Waals surface area contributed by atoms with Gasteiger partial charge in [0.1, 0.15) is 11.6 Å². The van der Waals surface area contributed by atoms with E-state index >= 15 is 0 Å². The van der Waals surface area contributed by atoms with Crippen LogP contribution < -0.4 is 21.3 Å². The first-order valence-electron chi connectivity index (χ1n) is 6.31. The molecule has 106 valence electrons. The Morgan fingerprint density at radius 3 is 2.33 bits per heavy atom. The number of nitrogens with one attached hydrogen (secondary N) is 4. The lowest BCUT2D eigenvalue weighted by Gasteiger charge is -2.08. The van der Waals surface area contributed by atoms with Gasteiger partial charge < -0.3 is 21.3 Å². The number of rotatable bonds is 2. The molecule has 21 heavy (non-hydrogen) atoms. The van der Waals surface area contributed by atoms with Gasteiger partial charge in [-0.3, -0.25) is 0 Å². The molecule has 6 heteroatoms. The monoisotopic (exact) mass is 284 g/mol. The molecular weight excluding hydrogens is 271 g/mol. The van der Waals surface area contributed by atoms with Crippen LogP contribution in [0.15, 0.2) is 54.9 Å². The molecule has 1 aliphatic rings. The highest BCUT2D eigenvalue weighted by Gasteiger charge is 2.13. The van der Waals surface area contributed by atoms with Crippen LogP contribution in [0.1, 0.15) is 0 Å². The largest absolute Gasteiger partial charge is 0.341 e. The normalized spacial score (nSPS) is 12.1. The van der Waals surface area contributed by atoms with Crippen molar-refractivity contribution in [3.05, 3.63) is 60.7 Å². The van der Waals surface area contributed by atoms with E-state index in [2.05, 4.69) is 27.8 Å². The first-order valence-corrected chi connectivity index (χ1v) is 6.31. The summed E-state index contributed by atoms with van der Waals surface area (Å²) in [6, 6.07) is 10.6. The molecular formula is C15H13FN4O. The Bertz CT molecular complexity index is 712. The van der Waals surface area contributed by atoms with Crippen molar-refractivity contribution in [1.82, 2.24) is 0 Å². The second kappa shape index (κ2) is 5.16. The van der Waals surface area contributed by atoms with Crippen LogP contribution >= 0.6 is 0 Å². The molecule has 2 aromatic rings. The van der Waals surface area contributed by atoms with Gasteiger partial charge in [-0.1, -0.05) is 6.58 Å². The molecule has 0 aliphatic carbocycles. The lowest BCUT2D eigenvalue weighted by Crippen LogP contribution is -2.19. The van der Waals surface area contributed by atoms with Crippen LogP contribution in [-0.2, 0) is 0 Å². The van der Waals surface area contributed by atoms with Crippen LogP contribution in [0.5, 0.6) is 0 Å². The maximum absolute atomic E-state index is 12.8. The summed E-state index contributed by atoms with van der Waals surface area (Å²) in [5.74, 6) is 0.344. The molecule has 1 aliphatic heterocycles. The minimum Gasteiger partial charge on any atom is -0.341 e. The van der Waals surface area contributed by atoms with E-state index in [0.717, 1.165) is 11.4 Å². The summed E-state index contributed by atoms with van der Waals surface area (Å²) in [7, 11) is 0. The molecule has 4 N–H and O–H groups in total. The zero-order chi connectivity index (χ0) is 14.8. The zero-order valence-electron chi connectivity index (χ0n) is 11.0. The van der Waals surface area contributed by atoms with Gasteiger partial charge in [-0.05, 0) is 42.5 Å². The van der Waals surface area contributed by atoms with Gasteiger partial charge in [0.05, 0.1) is 11.4 Å². The summed E-state index contributed by atoms with van der Waals surface area (Å²) in [6.07, 6.45) is 0. The fourth-order valence-corrected chi connectivity index (χ4v) is 2.02. The van der Waals surface area contributed by atoms with Crippen LogP contribution in [0.3, 0.4) is 0 Å². The standard InChI is InChI=1S/C15H13FN4O/c1-9-17-13-7-6-12(8-14(13)18-9)20-15(21)19-11-4-2-10(16)3-5-11/h2-8,17-18H,1H2,(H2,19,20,21). The van der Waals surface area contributed by atoms with Crippen molar-refractivity contribution >= 4 is 28.8 Å². The summed E-state index contributed by atoms with van der Waals surface area (Å²) in [5, 5.41) is 11.4. The van der Waals surface area contributed by atoms with Crippen LogP contribution in [0.2, 0.25) is 0 Å². The smallest absolute Gasteiger partial charge is 0.323 e. The average molecular weight is 284 g/mol. The van der Waals surface area contributed by atoms with E-state index in [-0.39, 0.29) is 5.82 Å². The minimum atomic E-state index is -0.397. The van der Waals surface area contributed by atoms with E-state index in [0.29, 0.717) is 17.2 Å². The molecule has 0 unspecified atom stereocenters. The van der Waals surface area contributed by atoms with Gasteiger partial charge in [0, 0.05) is 11.4 Å².